The molecule has 0 aliphatic rings. The van der Waals surface area contributed by atoms with Gasteiger partial charge in [-0.3, -0.25) is 0 Å². The molecule has 94 valence electrons. The van der Waals surface area contributed by atoms with Gasteiger partial charge in [0.15, 0.2) is 11.6 Å². The first-order valence-corrected chi connectivity index (χ1v) is 5.87. The van der Waals surface area contributed by atoms with Crippen molar-refractivity contribution in [3.05, 3.63) is 60.7 Å². The van der Waals surface area contributed by atoms with Gasteiger partial charge in [-0.15, -0.1) is 0 Å². The standard InChI is InChI=1S/C15H12N2O2/c16-15-10-14(19-17-15)11-5-4-8-13(9-11)18-12-6-2-1-3-7-12/h1-10H,(H2,16,17). The zero-order valence-electron chi connectivity index (χ0n) is 10.1. The van der Waals surface area contributed by atoms with Crippen LogP contribution in [0.1, 0.15) is 0 Å². The molecular weight excluding hydrogens is 240 g/mol. The molecule has 3 rings (SSSR count). The number of nitrogens with zero attached hydrogens (tertiary/aromatic N) is 1. The van der Waals surface area contributed by atoms with Crippen molar-refractivity contribution >= 4 is 5.82 Å². The lowest BCUT2D eigenvalue weighted by Crippen LogP contribution is -1.84. The van der Waals surface area contributed by atoms with Crippen LogP contribution in [0, 0.1) is 0 Å². The molecule has 19 heavy (non-hydrogen) atoms. The summed E-state index contributed by atoms with van der Waals surface area (Å²) >= 11 is 0. The van der Waals surface area contributed by atoms with E-state index in [0.717, 1.165) is 17.1 Å². The molecule has 0 fully saturated rings. The van der Waals surface area contributed by atoms with Crippen molar-refractivity contribution in [1.29, 1.82) is 0 Å². The largest absolute Gasteiger partial charge is 0.457 e. The second kappa shape index (κ2) is 4.86. The molecule has 0 amide bonds. The van der Waals surface area contributed by atoms with E-state index < -0.39 is 0 Å². The summed E-state index contributed by atoms with van der Waals surface area (Å²) in [4.78, 5) is 0. The molecule has 0 bridgehead atoms. The van der Waals surface area contributed by atoms with Crippen LogP contribution in [0.15, 0.2) is 65.2 Å². The van der Waals surface area contributed by atoms with Crippen LogP contribution in [0.3, 0.4) is 0 Å². The van der Waals surface area contributed by atoms with E-state index in [1.807, 2.05) is 54.6 Å². The molecular formula is C15H12N2O2. The van der Waals surface area contributed by atoms with Crippen molar-refractivity contribution in [2.75, 3.05) is 5.73 Å². The van der Waals surface area contributed by atoms with E-state index in [9.17, 15) is 0 Å². The quantitative estimate of drug-likeness (QED) is 0.771. The van der Waals surface area contributed by atoms with Crippen molar-refractivity contribution < 1.29 is 9.26 Å². The molecule has 4 nitrogen and oxygen atoms in total. The van der Waals surface area contributed by atoms with E-state index in [1.165, 1.54) is 0 Å². The van der Waals surface area contributed by atoms with Gasteiger partial charge in [0, 0.05) is 11.6 Å². The van der Waals surface area contributed by atoms with E-state index in [0.29, 0.717) is 11.6 Å². The number of nitrogens with two attached hydrogens (primary N) is 1. The first kappa shape index (κ1) is 11.3. The molecule has 2 aromatic carbocycles. The Morgan fingerprint density at radius 1 is 0.895 bits per heavy atom. The Morgan fingerprint density at radius 3 is 2.42 bits per heavy atom. The zero-order valence-corrected chi connectivity index (χ0v) is 10.1. The molecule has 0 saturated heterocycles. The molecule has 0 aliphatic heterocycles. The number of aromatic nitrogens is 1. The third-order valence-electron chi connectivity index (χ3n) is 2.63. The minimum absolute atomic E-state index is 0.365. The minimum atomic E-state index is 0.365. The molecule has 0 saturated carbocycles. The molecule has 1 heterocycles. The lowest BCUT2D eigenvalue weighted by Gasteiger charge is -2.06. The van der Waals surface area contributed by atoms with Crippen LogP contribution in [0.25, 0.3) is 11.3 Å². The highest BCUT2D eigenvalue weighted by Crippen LogP contribution is 2.27. The molecule has 0 unspecified atom stereocenters. The smallest absolute Gasteiger partial charge is 0.169 e. The lowest BCUT2D eigenvalue weighted by molar-refractivity contribution is 0.435. The van der Waals surface area contributed by atoms with Crippen LogP contribution in [-0.4, -0.2) is 5.16 Å². The zero-order chi connectivity index (χ0) is 13.1. The molecule has 1 aromatic heterocycles. The third kappa shape index (κ3) is 2.57. The molecule has 3 aromatic rings. The van der Waals surface area contributed by atoms with Crippen molar-refractivity contribution in [3.63, 3.8) is 0 Å². The van der Waals surface area contributed by atoms with Gasteiger partial charge < -0.3 is 15.0 Å². The average molecular weight is 252 g/mol. The monoisotopic (exact) mass is 252 g/mol. The number of benzene rings is 2. The Bertz CT molecular complexity index is 677. The summed E-state index contributed by atoms with van der Waals surface area (Å²) in [5, 5.41) is 3.67. The highest BCUT2D eigenvalue weighted by Gasteiger charge is 2.06. The van der Waals surface area contributed by atoms with Crippen molar-refractivity contribution in [2.45, 2.75) is 0 Å². The van der Waals surface area contributed by atoms with E-state index in [-0.39, 0.29) is 0 Å². The minimum Gasteiger partial charge on any atom is -0.457 e. The number of ether oxygens (including phenoxy) is 1. The van der Waals surface area contributed by atoms with E-state index in [1.54, 1.807) is 6.07 Å². The van der Waals surface area contributed by atoms with Crippen LogP contribution in [-0.2, 0) is 0 Å². The number of hydrogen-bond donors (Lipinski definition) is 1. The van der Waals surface area contributed by atoms with Crippen molar-refractivity contribution in [1.82, 2.24) is 5.16 Å². The summed E-state index contributed by atoms with van der Waals surface area (Å²) in [6.07, 6.45) is 0. The van der Waals surface area contributed by atoms with Crippen molar-refractivity contribution in [3.8, 4) is 22.8 Å². The lowest BCUT2D eigenvalue weighted by atomic mass is 10.1. The molecule has 4 heteroatoms. The molecule has 0 aliphatic carbocycles. The summed E-state index contributed by atoms with van der Waals surface area (Å²) in [5.74, 6) is 2.51. The van der Waals surface area contributed by atoms with Crippen LogP contribution < -0.4 is 10.5 Å². The topological polar surface area (TPSA) is 61.3 Å². The number of para-hydroxylation sites is 1. The van der Waals surface area contributed by atoms with Crippen LogP contribution in [0.5, 0.6) is 11.5 Å². The fraction of sp³-hybridized carbons (Fsp3) is 0. The van der Waals surface area contributed by atoms with Gasteiger partial charge in [-0.05, 0) is 24.3 Å². The van der Waals surface area contributed by atoms with E-state index in [4.69, 9.17) is 15.0 Å². The highest BCUT2D eigenvalue weighted by atomic mass is 16.5. The second-order valence-corrected chi connectivity index (χ2v) is 4.06. The van der Waals surface area contributed by atoms with Gasteiger partial charge in [0.25, 0.3) is 0 Å². The van der Waals surface area contributed by atoms with Gasteiger partial charge in [-0.2, -0.15) is 0 Å². The molecule has 0 radical (unpaired) electrons. The third-order valence-corrected chi connectivity index (χ3v) is 2.63. The van der Waals surface area contributed by atoms with Crippen LogP contribution in [0.4, 0.5) is 5.82 Å². The Hall–Kier alpha value is -2.75. The first-order chi connectivity index (χ1) is 9.31. The van der Waals surface area contributed by atoms with E-state index >= 15 is 0 Å². The SMILES string of the molecule is Nc1cc(-c2cccc(Oc3ccccc3)c2)on1. The van der Waals surface area contributed by atoms with Gasteiger partial charge in [0.2, 0.25) is 0 Å². The fourth-order valence-electron chi connectivity index (χ4n) is 1.76. The van der Waals surface area contributed by atoms with Gasteiger partial charge in [-0.25, -0.2) is 0 Å². The number of rotatable bonds is 3. The van der Waals surface area contributed by atoms with Gasteiger partial charge in [0.05, 0.1) is 0 Å². The van der Waals surface area contributed by atoms with Gasteiger partial charge >= 0.3 is 0 Å². The maximum absolute atomic E-state index is 5.75. The summed E-state index contributed by atoms with van der Waals surface area (Å²) in [6.45, 7) is 0. The predicted molar refractivity (Wildman–Crippen MR) is 72.9 cm³/mol. The Morgan fingerprint density at radius 2 is 1.68 bits per heavy atom. The Labute approximate surface area is 110 Å². The maximum atomic E-state index is 5.75. The Kier molecular flexibility index (Phi) is 2.90. The summed E-state index contributed by atoms with van der Waals surface area (Å²) < 4.78 is 10.9. The second-order valence-electron chi connectivity index (χ2n) is 4.06. The first-order valence-electron chi connectivity index (χ1n) is 5.87. The number of nitrogen functional groups attached to an aromatic ring is 1. The van der Waals surface area contributed by atoms with Crippen molar-refractivity contribution in [2.24, 2.45) is 0 Å². The Balaban J connectivity index is 1.88. The fourth-order valence-corrected chi connectivity index (χ4v) is 1.76. The maximum Gasteiger partial charge on any atom is 0.169 e. The summed E-state index contributed by atoms with van der Waals surface area (Å²) in [6, 6.07) is 18.9. The van der Waals surface area contributed by atoms with Crippen LogP contribution >= 0.6 is 0 Å². The summed E-state index contributed by atoms with van der Waals surface area (Å²) in [5.41, 5.74) is 6.41. The summed E-state index contributed by atoms with van der Waals surface area (Å²) in [7, 11) is 0. The molecule has 0 spiro atoms. The highest BCUT2D eigenvalue weighted by molar-refractivity contribution is 5.62. The van der Waals surface area contributed by atoms with Gasteiger partial charge in [0.1, 0.15) is 11.5 Å². The number of hydrogen-bond acceptors (Lipinski definition) is 4. The number of anilines is 1. The molecule has 2 N–H and O–H groups in total. The average Bonchev–Trinajstić information content (AvgIpc) is 2.87. The van der Waals surface area contributed by atoms with Gasteiger partial charge in [-0.1, -0.05) is 35.5 Å². The van der Waals surface area contributed by atoms with Crippen LogP contribution in [0.2, 0.25) is 0 Å². The normalized spacial score (nSPS) is 10.3. The predicted octanol–water partition coefficient (Wildman–Crippen LogP) is 3.72. The molecule has 0 atom stereocenters. The van der Waals surface area contributed by atoms with E-state index in [2.05, 4.69) is 5.16 Å².